The van der Waals surface area contributed by atoms with Crippen molar-refractivity contribution in [2.24, 2.45) is 10.1 Å². The molecular weight excluding hydrogens is 828 g/mol. The molecule has 0 heterocycles. The third-order valence-electron chi connectivity index (χ3n) is 6.51. The molecule has 4 aromatic carbocycles. The van der Waals surface area contributed by atoms with E-state index in [0.29, 0.717) is 0 Å². The molecular formula is C32H18F16N2O5S. The quantitative estimate of drug-likeness (QED) is 0.0207. The van der Waals surface area contributed by atoms with Crippen molar-refractivity contribution in [3.8, 4) is 11.5 Å². The molecule has 24 heteroatoms. The third kappa shape index (κ3) is 11.0. The van der Waals surface area contributed by atoms with E-state index in [0.717, 1.165) is 24.3 Å². The van der Waals surface area contributed by atoms with Crippen LogP contribution in [-0.4, -0.2) is 37.5 Å². The molecule has 0 atom stereocenters. The Labute approximate surface area is 307 Å². The summed E-state index contributed by atoms with van der Waals surface area (Å²) in [4.78, 5) is 5.35. The molecule has 0 fully saturated rings. The summed E-state index contributed by atoms with van der Waals surface area (Å²) in [5.74, 6) is -22.2. The minimum Gasteiger partial charge on any atom is -0.497 e. The second-order valence-electron chi connectivity index (χ2n) is 10.0. The molecule has 4 aromatic rings. The summed E-state index contributed by atoms with van der Waals surface area (Å²) in [5, 5.41) is 6.37. The van der Waals surface area contributed by atoms with Gasteiger partial charge in [-0.3, -0.25) is 4.99 Å². The van der Waals surface area contributed by atoms with Gasteiger partial charge in [-0.2, -0.15) is 31.3 Å². The minimum atomic E-state index is -5.03. The summed E-state index contributed by atoms with van der Waals surface area (Å²) in [6.45, 7) is 0.550. The number of ether oxygens (including phenoxy) is 2. The highest BCUT2D eigenvalue weighted by atomic mass is 32.2. The molecule has 0 aliphatic carbocycles. The molecule has 0 radical (unpaired) electrons. The monoisotopic (exact) mass is 846 g/mol. The first-order valence-electron chi connectivity index (χ1n) is 14.5. The highest BCUT2D eigenvalue weighted by molar-refractivity contribution is 7.94. The maximum Gasteiger partial charge on any atom is 0.437 e. The first-order chi connectivity index (χ1) is 26.1. The van der Waals surface area contributed by atoms with E-state index in [1.54, 1.807) is 6.92 Å². The van der Waals surface area contributed by atoms with E-state index in [2.05, 4.69) is 24.5 Å². The first-order valence-corrected chi connectivity index (χ1v) is 15.2. The van der Waals surface area contributed by atoms with Gasteiger partial charge in [0.25, 0.3) is 0 Å². The van der Waals surface area contributed by atoms with Gasteiger partial charge in [0.2, 0.25) is 11.6 Å². The number of rotatable bonds is 12. The van der Waals surface area contributed by atoms with E-state index in [9.17, 15) is 70.2 Å². The molecule has 56 heavy (non-hydrogen) atoms. The number of alkyl halides is 6. The van der Waals surface area contributed by atoms with Gasteiger partial charge in [0.15, 0.2) is 52.2 Å². The lowest BCUT2D eigenvalue weighted by Gasteiger charge is -2.13. The predicted octanol–water partition coefficient (Wildman–Crippen LogP) is 10.6. The standard InChI is InChI=1S/C17H11F8NO.C15H7F8NO4S/c1-2-27-9-5-3-8(4-6-9)16(17(23,24)25)26-7-10-11(18)13(20)15(22)14(21)12(10)19;1-25-7-4-2-6(3-5-7)14(15(21,22)23)24-26-27-28-29-13-11(19)9(17)8(16)10(18)12(13)20/h3-6H,2,7H2,1H3;2-5H,1H3/b;24-14+. The van der Waals surface area contributed by atoms with Gasteiger partial charge in [0, 0.05) is 16.2 Å². The van der Waals surface area contributed by atoms with Crippen molar-refractivity contribution in [2.75, 3.05) is 13.7 Å². The van der Waals surface area contributed by atoms with Gasteiger partial charge >= 0.3 is 12.4 Å². The highest BCUT2D eigenvalue weighted by Crippen LogP contribution is 2.32. The van der Waals surface area contributed by atoms with E-state index >= 15 is 0 Å². The van der Waals surface area contributed by atoms with Crippen molar-refractivity contribution in [2.45, 2.75) is 30.7 Å². The highest BCUT2D eigenvalue weighted by Gasteiger charge is 2.39. The van der Waals surface area contributed by atoms with Gasteiger partial charge in [0.1, 0.15) is 22.1 Å². The van der Waals surface area contributed by atoms with Gasteiger partial charge in [0.05, 0.1) is 37.9 Å². The van der Waals surface area contributed by atoms with Crippen LogP contribution in [0.25, 0.3) is 0 Å². The van der Waals surface area contributed by atoms with E-state index in [1.165, 1.54) is 31.4 Å². The number of benzene rings is 4. The van der Waals surface area contributed by atoms with Crippen LogP contribution in [0.15, 0.2) is 63.6 Å². The van der Waals surface area contributed by atoms with Gasteiger partial charge in [-0.05, 0) is 60.6 Å². The summed E-state index contributed by atoms with van der Waals surface area (Å²) < 4.78 is 225. The fraction of sp³-hybridized carbons (Fsp3) is 0.188. The van der Waals surface area contributed by atoms with Crippen LogP contribution >= 0.6 is 12.0 Å². The van der Waals surface area contributed by atoms with Gasteiger partial charge < -0.3 is 9.47 Å². The Hall–Kier alpha value is -5.23. The maximum atomic E-state index is 13.6. The maximum absolute atomic E-state index is 13.6. The second-order valence-corrected chi connectivity index (χ2v) is 10.7. The van der Waals surface area contributed by atoms with Crippen LogP contribution in [0.1, 0.15) is 23.6 Å². The van der Waals surface area contributed by atoms with Crippen molar-refractivity contribution in [3.05, 3.63) is 123 Å². The average Bonchev–Trinajstić information content (AvgIpc) is 3.15. The Kier molecular flexibility index (Phi) is 15.4. The zero-order chi connectivity index (χ0) is 42.1. The average molecular weight is 847 g/mol. The van der Waals surface area contributed by atoms with Gasteiger partial charge in [-0.25, -0.2) is 43.9 Å². The molecule has 0 saturated carbocycles. The molecule has 0 aliphatic rings. The molecule has 0 unspecified atom stereocenters. The molecule has 0 aliphatic heterocycles. The van der Waals surface area contributed by atoms with Crippen molar-refractivity contribution in [3.63, 3.8) is 0 Å². The Balaban J connectivity index is 0.000000301. The van der Waals surface area contributed by atoms with E-state index in [4.69, 9.17) is 9.47 Å². The second kappa shape index (κ2) is 19.1. The van der Waals surface area contributed by atoms with E-state index < -0.39 is 122 Å². The Morgan fingerprint density at radius 1 is 0.571 bits per heavy atom. The molecule has 7 nitrogen and oxygen atoms in total. The lowest BCUT2D eigenvalue weighted by Crippen LogP contribution is -2.24. The summed E-state index contributed by atoms with van der Waals surface area (Å²) >= 11 is -0.540. The van der Waals surface area contributed by atoms with Crippen LogP contribution in [0.5, 0.6) is 11.5 Å². The Morgan fingerprint density at radius 2 is 0.982 bits per heavy atom. The van der Waals surface area contributed by atoms with Crippen molar-refractivity contribution in [1.82, 2.24) is 0 Å². The third-order valence-corrected chi connectivity index (χ3v) is 7.16. The van der Waals surface area contributed by atoms with Crippen LogP contribution in [0, 0.1) is 58.2 Å². The largest absolute Gasteiger partial charge is 0.497 e. The number of hydrogen-bond donors (Lipinski definition) is 0. The lowest BCUT2D eigenvalue weighted by atomic mass is 10.1. The summed E-state index contributed by atoms with van der Waals surface area (Å²) in [6, 6.07) is 8.86. The fourth-order valence-corrected chi connectivity index (χ4v) is 4.40. The smallest absolute Gasteiger partial charge is 0.437 e. The number of methoxy groups -OCH3 is 1. The molecule has 0 spiro atoms. The zero-order valence-electron chi connectivity index (χ0n) is 27.4. The van der Waals surface area contributed by atoms with Crippen molar-refractivity contribution >= 4 is 23.5 Å². The normalized spacial score (nSPS) is 12.3. The molecule has 0 amide bonds. The topological polar surface area (TPSA) is 70.9 Å². The number of aliphatic imine (C=N–C) groups is 1. The number of hydrogen-bond acceptors (Lipinski definition) is 8. The molecule has 4 rings (SSSR count). The first kappa shape index (κ1) is 45.2. The SMILES string of the molecule is CCOc1ccc(C(=NCc2c(F)c(F)c(F)c(F)c2F)C(F)(F)F)cc1.COc1ccc(/C(=N\OOOSc2c(F)c(F)c(F)c(F)c2F)C(F)(F)F)cc1. The van der Waals surface area contributed by atoms with Crippen LogP contribution in [-0.2, 0) is 20.9 Å². The molecule has 0 bridgehead atoms. The summed E-state index contributed by atoms with van der Waals surface area (Å²) in [6.07, 6.45) is -10.0. The molecule has 0 N–H and O–H groups in total. The zero-order valence-corrected chi connectivity index (χ0v) is 28.2. The Bertz CT molecular complexity index is 2000. The fourth-order valence-electron chi connectivity index (χ4n) is 3.96. The van der Waals surface area contributed by atoms with Crippen molar-refractivity contribution in [1.29, 1.82) is 0 Å². The summed E-state index contributed by atoms with van der Waals surface area (Å²) in [7, 11) is 1.30. The van der Waals surface area contributed by atoms with Crippen LogP contribution in [0.4, 0.5) is 70.2 Å². The summed E-state index contributed by atoms with van der Waals surface area (Å²) in [5.41, 5.74) is -5.50. The van der Waals surface area contributed by atoms with E-state index in [-0.39, 0.29) is 18.1 Å². The van der Waals surface area contributed by atoms with Crippen molar-refractivity contribution < 1.29 is 94.1 Å². The van der Waals surface area contributed by atoms with Gasteiger partial charge in [-0.1, -0.05) is 0 Å². The molecule has 0 saturated heterocycles. The van der Waals surface area contributed by atoms with Crippen LogP contribution in [0.3, 0.4) is 0 Å². The number of nitrogens with zero attached hydrogens (tertiary/aromatic N) is 2. The van der Waals surface area contributed by atoms with E-state index in [1.807, 2.05) is 0 Å². The predicted molar refractivity (Wildman–Crippen MR) is 161 cm³/mol. The lowest BCUT2D eigenvalue weighted by molar-refractivity contribution is -0.462. The number of halogens is 16. The van der Waals surface area contributed by atoms with Crippen LogP contribution < -0.4 is 9.47 Å². The van der Waals surface area contributed by atoms with Crippen LogP contribution in [0.2, 0.25) is 0 Å². The number of oxime groups is 1. The minimum absolute atomic E-state index is 0.259. The molecule has 304 valence electrons. The van der Waals surface area contributed by atoms with Gasteiger partial charge in [-0.15, -0.1) is 4.33 Å². The molecule has 0 aromatic heterocycles. The Morgan fingerprint density at radius 3 is 1.41 bits per heavy atom.